The van der Waals surface area contributed by atoms with Crippen molar-refractivity contribution in [3.63, 3.8) is 0 Å². The highest BCUT2D eigenvalue weighted by molar-refractivity contribution is 7.14. The Balaban J connectivity index is 1.81. The molecule has 29 heavy (non-hydrogen) atoms. The van der Waals surface area contributed by atoms with Gasteiger partial charge in [-0.2, -0.15) is 0 Å². The summed E-state index contributed by atoms with van der Waals surface area (Å²) < 4.78 is 4.99. The SMILES string of the molecule is COCCNc1ccc([N+](=O)[O-])cc1C(=O)Nc1nc(-c2ccc(Cl)cc2)cs1. The van der Waals surface area contributed by atoms with Gasteiger partial charge in [-0.25, -0.2) is 4.98 Å². The second-order valence-electron chi connectivity index (χ2n) is 5.91. The first kappa shape index (κ1) is 20.7. The van der Waals surface area contributed by atoms with E-state index in [1.165, 1.54) is 29.5 Å². The number of carbonyl (C=O) groups is 1. The van der Waals surface area contributed by atoms with Crippen LogP contribution in [0.1, 0.15) is 10.4 Å². The molecule has 10 heteroatoms. The van der Waals surface area contributed by atoms with E-state index in [1.54, 1.807) is 19.2 Å². The molecule has 0 bridgehead atoms. The lowest BCUT2D eigenvalue weighted by atomic mass is 10.1. The third-order valence-corrected chi connectivity index (χ3v) is 4.95. The predicted octanol–water partition coefficient (Wildman–Crippen LogP) is 4.68. The summed E-state index contributed by atoms with van der Waals surface area (Å²) in [6, 6.07) is 11.3. The number of halogens is 1. The van der Waals surface area contributed by atoms with Gasteiger partial charge in [0.1, 0.15) is 0 Å². The number of rotatable bonds is 8. The number of nitro benzene ring substituents is 1. The quantitative estimate of drug-likeness (QED) is 0.304. The lowest BCUT2D eigenvalue weighted by Crippen LogP contribution is -2.16. The molecule has 0 fully saturated rings. The van der Waals surface area contributed by atoms with E-state index in [0.717, 1.165) is 5.56 Å². The van der Waals surface area contributed by atoms with Gasteiger partial charge in [-0.3, -0.25) is 20.2 Å². The van der Waals surface area contributed by atoms with E-state index >= 15 is 0 Å². The van der Waals surface area contributed by atoms with E-state index in [1.807, 2.05) is 17.5 Å². The highest BCUT2D eigenvalue weighted by atomic mass is 35.5. The minimum Gasteiger partial charge on any atom is -0.383 e. The monoisotopic (exact) mass is 432 g/mol. The van der Waals surface area contributed by atoms with E-state index in [4.69, 9.17) is 16.3 Å². The van der Waals surface area contributed by atoms with Gasteiger partial charge in [0.2, 0.25) is 0 Å². The average Bonchev–Trinajstić information content (AvgIpc) is 3.17. The van der Waals surface area contributed by atoms with Gasteiger partial charge in [0.15, 0.2) is 5.13 Å². The molecule has 0 unspecified atom stereocenters. The molecule has 3 aromatic rings. The van der Waals surface area contributed by atoms with Gasteiger partial charge in [-0.15, -0.1) is 11.3 Å². The molecule has 0 atom stereocenters. The fourth-order valence-electron chi connectivity index (χ4n) is 2.52. The molecule has 1 heterocycles. The fraction of sp³-hybridized carbons (Fsp3) is 0.158. The zero-order valence-electron chi connectivity index (χ0n) is 15.3. The summed E-state index contributed by atoms with van der Waals surface area (Å²) in [5, 5.41) is 19.7. The fourth-order valence-corrected chi connectivity index (χ4v) is 3.37. The first-order chi connectivity index (χ1) is 14.0. The molecule has 0 saturated carbocycles. The second kappa shape index (κ2) is 9.46. The Bertz CT molecular complexity index is 1020. The molecule has 0 aliphatic heterocycles. The molecular weight excluding hydrogens is 416 g/mol. The van der Waals surface area contributed by atoms with Crippen LogP contribution in [0.25, 0.3) is 11.3 Å². The molecule has 150 valence electrons. The topological polar surface area (TPSA) is 106 Å². The number of hydrogen-bond donors (Lipinski definition) is 2. The standard InChI is InChI=1S/C19H17ClN4O4S/c1-28-9-8-21-16-7-6-14(24(26)27)10-15(16)18(25)23-19-22-17(11-29-19)12-2-4-13(20)5-3-12/h2-7,10-11,21H,8-9H2,1H3,(H,22,23,25). The number of thiazole rings is 1. The molecule has 3 rings (SSSR count). The van der Waals surface area contributed by atoms with Crippen LogP contribution < -0.4 is 10.6 Å². The van der Waals surface area contributed by atoms with Crippen LogP contribution in [0.5, 0.6) is 0 Å². The van der Waals surface area contributed by atoms with E-state index in [2.05, 4.69) is 15.6 Å². The number of ether oxygens (including phenoxy) is 1. The average molecular weight is 433 g/mol. The molecule has 2 N–H and O–H groups in total. The summed E-state index contributed by atoms with van der Waals surface area (Å²) in [6.07, 6.45) is 0. The maximum absolute atomic E-state index is 12.8. The molecule has 0 radical (unpaired) electrons. The Hall–Kier alpha value is -3.01. The molecule has 1 amide bonds. The van der Waals surface area contributed by atoms with Crippen LogP contribution >= 0.6 is 22.9 Å². The van der Waals surface area contributed by atoms with E-state index in [-0.39, 0.29) is 11.3 Å². The van der Waals surface area contributed by atoms with Crippen LogP contribution in [-0.2, 0) is 4.74 Å². The second-order valence-corrected chi connectivity index (χ2v) is 7.20. The Kier molecular flexibility index (Phi) is 6.76. The van der Waals surface area contributed by atoms with Crippen molar-refractivity contribution in [2.24, 2.45) is 0 Å². The van der Waals surface area contributed by atoms with Crippen molar-refractivity contribution in [3.8, 4) is 11.3 Å². The van der Waals surface area contributed by atoms with Crippen molar-refractivity contribution < 1.29 is 14.5 Å². The Morgan fingerprint density at radius 2 is 2.03 bits per heavy atom. The van der Waals surface area contributed by atoms with Gasteiger partial charge < -0.3 is 10.1 Å². The third kappa shape index (κ3) is 5.29. The van der Waals surface area contributed by atoms with Crippen molar-refractivity contribution in [2.75, 3.05) is 30.9 Å². The molecule has 0 aliphatic carbocycles. The Labute approximate surface area is 175 Å². The molecule has 2 aromatic carbocycles. The first-order valence-electron chi connectivity index (χ1n) is 8.52. The number of amides is 1. The number of benzene rings is 2. The summed E-state index contributed by atoms with van der Waals surface area (Å²) >= 11 is 7.16. The smallest absolute Gasteiger partial charge is 0.270 e. The normalized spacial score (nSPS) is 10.6. The van der Waals surface area contributed by atoms with Gasteiger partial charge in [0.05, 0.1) is 22.8 Å². The molecule has 8 nitrogen and oxygen atoms in total. The maximum Gasteiger partial charge on any atom is 0.270 e. The van der Waals surface area contributed by atoms with Crippen LogP contribution in [0.2, 0.25) is 5.02 Å². The van der Waals surface area contributed by atoms with Gasteiger partial charge in [-0.05, 0) is 18.2 Å². The summed E-state index contributed by atoms with van der Waals surface area (Å²) in [6.45, 7) is 0.877. The number of aromatic nitrogens is 1. The number of nitro groups is 1. The number of carbonyl (C=O) groups excluding carboxylic acids is 1. The summed E-state index contributed by atoms with van der Waals surface area (Å²) in [7, 11) is 1.56. The highest BCUT2D eigenvalue weighted by Gasteiger charge is 2.18. The van der Waals surface area contributed by atoms with Crippen LogP contribution in [0.4, 0.5) is 16.5 Å². The summed E-state index contributed by atoms with van der Waals surface area (Å²) in [5.74, 6) is -0.495. The van der Waals surface area contributed by atoms with E-state index in [9.17, 15) is 14.9 Å². The van der Waals surface area contributed by atoms with Crippen LogP contribution in [0, 0.1) is 10.1 Å². The number of nitrogens with zero attached hydrogens (tertiary/aromatic N) is 2. The Morgan fingerprint density at radius 3 is 2.72 bits per heavy atom. The van der Waals surface area contributed by atoms with Crippen molar-refractivity contribution in [1.82, 2.24) is 4.98 Å². The van der Waals surface area contributed by atoms with Gasteiger partial charge >= 0.3 is 0 Å². The van der Waals surface area contributed by atoms with E-state index < -0.39 is 10.8 Å². The van der Waals surface area contributed by atoms with Gasteiger partial charge in [-0.1, -0.05) is 23.7 Å². The van der Waals surface area contributed by atoms with Crippen LogP contribution in [0.15, 0.2) is 47.8 Å². The number of non-ortho nitro benzene ring substituents is 1. The largest absolute Gasteiger partial charge is 0.383 e. The van der Waals surface area contributed by atoms with Crippen molar-refractivity contribution in [3.05, 3.63) is 68.5 Å². The predicted molar refractivity (Wildman–Crippen MR) is 114 cm³/mol. The lowest BCUT2D eigenvalue weighted by Gasteiger charge is -2.11. The zero-order chi connectivity index (χ0) is 20.8. The summed E-state index contributed by atoms with van der Waals surface area (Å²) in [4.78, 5) is 27.7. The number of hydrogen-bond acceptors (Lipinski definition) is 7. The van der Waals surface area contributed by atoms with Gasteiger partial charge in [0.25, 0.3) is 11.6 Å². The number of anilines is 2. The van der Waals surface area contributed by atoms with Crippen molar-refractivity contribution >= 4 is 45.4 Å². The lowest BCUT2D eigenvalue weighted by molar-refractivity contribution is -0.384. The van der Waals surface area contributed by atoms with Crippen LogP contribution in [0.3, 0.4) is 0 Å². The van der Waals surface area contributed by atoms with Crippen LogP contribution in [-0.4, -0.2) is 36.1 Å². The zero-order valence-corrected chi connectivity index (χ0v) is 16.9. The molecule has 0 spiro atoms. The number of nitrogens with one attached hydrogen (secondary N) is 2. The third-order valence-electron chi connectivity index (χ3n) is 3.94. The van der Waals surface area contributed by atoms with Crippen molar-refractivity contribution in [1.29, 1.82) is 0 Å². The van der Waals surface area contributed by atoms with Crippen molar-refractivity contribution in [2.45, 2.75) is 0 Å². The highest BCUT2D eigenvalue weighted by Crippen LogP contribution is 2.28. The minimum atomic E-state index is -0.544. The molecular formula is C19H17ClN4O4S. The number of methoxy groups -OCH3 is 1. The van der Waals surface area contributed by atoms with Gasteiger partial charge in [0, 0.05) is 47.4 Å². The van der Waals surface area contributed by atoms with E-state index in [0.29, 0.717) is 34.7 Å². The minimum absolute atomic E-state index is 0.151. The molecule has 0 aliphatic rings. The molecule has 0 saturated heterocycles. The Morgan fingerprint density at radius 1 is 1.28 bits per heavy atom. The summed E-state index contributed by atoms with van der Waals surface area (Å²) in [5.41, 5.74) is 2.01. The first-order valence-corrected chi connectivity index (χ1v) is 9.78. The molecule has 1 aromatic heterocycles. The maximum atomic E-state index is 12.8.